The monoisotopic (exact) mass is 517 g/mol. The van der Waals surface area contributed by atoms with Crippen LogP contribution in [0.25, 0.3) is 5.69 Å². The minimum absolute atomic E-state index is 0. The van der Waals surface area contributed by atoms with Gasteiger partial charge in [-0.1, -0.05) is 12.1 Å². The molecule has 1 N–H and O–H groups in total. The molecule has 0 aliphatic carbocycles. The van der Waals surface area contributed by atoms with Gasteiger partial charge in [0.15, 0.2) is 15.8 Å². The number of rotatable bonds is 4. The Labute approximate surface area is 184 Å². The Morgan fingerprint density at radius 3 is 2.79 bits per heavy atom. The number of aromatic nitrogens is 2. The molecule has 3 rings (SSSR count). The first kappa shape index (κ1) is 22.7. The fourth-order valence-electron chi connectivity index (χ4n) is 3.14. The zero-order valence-corrected chi connectivity index (χ0v) is 19.6. The maximum atomic E-state index is 12.3. The highest BCUT2D eigenvalue weighted by Gasteiger charge is 2.40. The van der Waals surface area contributed by atoms with E-state index in [1.54, 1.807) is 26.4 Å². The summed E-state index contributed by atoms with van der Waals surface area (Å²) in [7, 11) is -3.07. The van der Waals surface area contributed by atoms with E-state index >= 15 is 0 Å². The second-order valence-corrected chi connectivity index (χ2v) is 10.1. The van der Waals surface area contributed by atoms with Crippen molar-refractivity contribution in [3.8, 4) is 5.69 Å². The van der Waals surface area contributed by atoms with Crippen LogP contribution in [0.5, 0.6) is 0 Å². The van der Waals surface area contributed by atoms with Gasteiger partial charge in [0.1, 0.15) is 0 Å². The van der Waals surface area contributed by atoms with Crippen LogP contribution in [0, 0.1) is 0 Å². The summed E-state index contributed by atoms with van der Waals surface area (Å²) in [4.78, 5) is 10.9. The molecule has 0 amide bonds. The van der Waals surface area contributed by atoms with Gasteiger partial charge in [0.25, 0.3) is 0 Å². The summed E-state index contributed by atoms with van der Waals surface area (Å²) in [6, 6.07) is 8.15. The van der Waals surface area contributed by atoms with Gasteiger partial charge >= 0.3 is 0 Å². The van der Waals surface area contributed by atoms with Crippen LogP contribution in [0.3, 0.4) is 0 Å². The average molecular weight is 517 g/mol. The average Bonchev–Trinajstić information content (AvgIpc) is 3.16. The molecule has 7 nitrogen and oxygen atoms in total. The van der Waals surface area contributed by atoms with Gasteiger partial charge in [0.05, 0.1) is 23.4 Å². The number of halogens is 1. The number of hydrogen-bond donors (Lipinski definition) is 1. The van der Waals surface area contributed by atoms with Crippen LogP contribution < -0.4 is 5.32 Å². The van der Waals surface area contributed by atoms with Crippen molar-refractivity contribution in [3.63, 3.8) is 0 Å². The van der Waals surface area contributed by atoms with Crippen LogP contribution in [-0.4, -0.2) is 59.0 Å². The summed E-state index contributed by atoms with van der Waals surface area (Å²) in [6.07, 6.45) is 5.42. The summed E-state index contributed by atoms with van der Waals surface area (Å²) >= 11 is 0. The molecule has 9 heteroatoms. The Morgan fingerprint density at radius 2 is 2.14 bits per heavy atom. The molecule has 1 fully saturated rings. The Hall–Kier alpha value is -1.62. The van der Waals surface area contributed by atoms with E-state index in [0.29, 0.717) is 19.6 Å². The Kier molecular flexibility index (Phi) is 7.49. The van der Waals surface area contributed by atoms with E-state index in [9.17, 15) is 8.42 Å². The third kappa shape index (κ3) is 5.05. The van der Waals surface area contributed by atoms with Crippen LogP contribution in [0.15, 0.2) is 48.0 Å². The van der Waals surface area contributed by atoms with Gasteiger partial charge in [-0.2, -0.15) is 0 Å². The molecule has 0 atom stereocenters. The van der Waals surface area contributed by atoms with Crippen molar-refractivity contribution in [2.45, 2.75) is 32.1 Å². The number of benzene rings is 1. The quantitative estimate of drug-likeness (QED) is 0.383. The molecule has 1 aromatic heterocycles. The smallest absolute Gasteiger partial charge is 0.194 e. The van der Waals surface area contributed by atoms with Crippen molar-refractivity contribution in [1.82, 2.24) is 19.8 Å². The summed E-state index contributed by atoms with van der Waals surface area (Å²) in [5.74, 6) is 0.911. The first-order valence-electron chi connectivity index (χ1n) is 9.15. The third-order valence-corrected chi connectivity index (χ3v) is 7.34. The fourth-order valence-corrected chi connectivity index (χ4v) is 4.51. The largest absolute Gasteiger partial charge is 0.357 e. The first-order valence-corrected chi connectivity index (χ1v) is 10.8. The van der Waals surface area contributed by atoms with Gasteiger partial charge in [0, 0.05) is 37.7 Å². The van der Waals surface area contributed by atoms with Gasteiger partial charge in [-0.25, -0.2) is 18.4 Å². The lowest BCUT2D eigenvalue weighted by molar-refractivity contribution is 0.353. The molecule has 0 saturated carbocycles. The van der Waals surface area contributed by atoms with E-state index in [4.69, 9.17) is 4.99 Å². The van der Waals surface area contributed by atoms with Crippen LogP contribution in [0.2, 0.25) is 0 Å². The van der Waals surface area contributed by atoms with Crippen molar-refractivity contribution in [2.75, 3.05) is 25.4 Å². The number of aliphatic imine (C=N–C) groups is 1. The molecule has 1 aromatic carbocycles. The van der Waals surface area contributed by atoms with Crippen molar-refractivity contribution < 1.29 is 8.42 Å². The molecule has 2 aromatic rings. The number of nitrogens with one attached hydrogen (secondary N) is 1. The van der Waals surface area contributed by atoms with E-state index in [1.807, 2.05) is 40.8 Å². The maximum Gasteiger partial charge on any atom is 0.194 e. The van der Waals surface area contributed by atoms with E-state index in [1.165, 1.54) is 0 Å². The van der Waals surface area contributed by atoms with Gasteiger partial charge in [0.2, 0.25) is 0 Å². The Bertz CT molecular complexity index is 910. The molecular formula is C19H28IN5O2S. The lowest BCUT2D eigenvalue weighted by Crippen LogP contribution is -2.57. The molecule has 0 radical (unpaired) electrons. The van der Waals surface area contributed by atoms with E-state index in [-0.39, 0.29) is 29.7 Å². The first-order chi connectivity index (χ1) is 12.8. The minimum Gasteiger partial charge on any atom is -0.357 e. The van der Waals surface area contributed by atoms with Gasteiger partial charge in [-0.3, -0.25) is 0 Å². The molecule has 1 aliphatic heterocycles. The molecule has 0 bridgehead atoms. The number of imidazole rings is 1. The SMILES string of the molecule is CCNC(=NCc1cccc(-n2ccnc2)c1)N1CCS(=O)(=O)C(C)(C)C1.I. The highest BCUT2D eigenvalue weighted by atomic mass is 127. The molecular weight excluding hydrogens is 489 g/mol. The molecule has 28 heavy (non-hydrogen) atoms. The number of nitrogens with zero attached hydrogens (tertiary/aromatic N) is 4. The highest BCUT2D eigenvalue weighted by molar-refractivity contribution is 14.0. The number of sulfone groups is 1. The van der Waals surface area contributed by atoms with Gasteiger partial charge in [-0.05, 0) is 38.5 Å². The molecule has 2 heterocycles. The second kappa shape index (κ2) is 9.25. The molecule has 0 unspecified atom stereocenters. The van der Waals surface area contributed by atoms with E-state index in [0.717, 1.165) is 23.8 Å². The maximum absolute atomic E-state index is 12.3. The highest BCUT2D eigenvalue weighted by Crippen LogP contribution is 2.24. The van der Waals surface area contributed by atoms with Crippen LogP contribution in [0.4, 0.5) is 0 Å². The molecule has 0 spiro atoms. The van der Waals surface area contributed by atoms with Crippen molar-refractivity contribution >= 4 is 39.8 Å². The van der Waals surface area contributed by atoms with E-state index < -0.39 is 14.6 Å². The molecule has 154 valence electrons. The van der Waals surface area contributed by atoms with Crippen molar-refractivity contribution in [2.24, 2.45) is 4.99 Å². The topological polar surface area (TPSA) is 79.6 Å². The number of guanidine groups is 1. The van der Waals surface area contributed by atoms with Crippen LogP contribution >= 0.6 is 24.0 Å². The Morgan fingerprint density at radius 1 is 1.36 bits per heavy atom. The van der Waals surface area contributed by atoms with Crippen molar-refractivity contribution in [3.05, 3.63) is 48.5 Å². The van der Waals surface area contributed by atoms with Gasteiger partial charge in [-0.15, -0.1) is 24.0 Å². The second-order valence-electron chi connectivity index (χ2n) is 7.31. The zero-order chi connectivity index (χ0) is 19.5. The predicted octanol–water partition coefficient (Wildman–Crippen LogP) is 2.46. The minimum atomic E-state index is -3.07. The lowest BCUT2D eigenvalue weighted by atomic mass is 10.2. The fraction of sp³-hybridized carbons (Fsp3) is 0.474. The predicted molar refractivity (Wildman–Crippen MR) is 123 cm³/mol. The van der Waals surface area contributed by atoms with Gasteiger partial charge < -0.3 is 14.8 Å². The van der Waals surface area contributed by atoms with Crippen LogP contribution in [0.1, 0.15) is 26.3 Å². The van der Waals surface area contributed by atoms with E-state index in [2.05, 4.69) is 16.4 Å². The standard InChI is InChI=1S/C19H27N5O2S.HI/c1-4-21-18(23-10-11-27(25,26)19(2,3)14-23)22-13-16-6-5-7-17(12-16)24-9-8-20-15-24;/h5-9,12,15H,4,10-11,13-14H2,1-3H3,(H,21,22);1H. The summed E-state index contributed by atoms with van der Waals surface area (Å²) in [5.41, 5.74) is 2.12. The Balaban J connectivity index is 0.00000280. The van der Waals surface area contributed by atoms with Crippen LogP contribution in [-0.2, 0) is 16.4 Å². The molecule has 1 aliphatic rings. The summed E-state index contributed by atoms with van der Waals surface area (Å²) < 4.78 is 25.7. The van der Waals surface area contributed by atoms with Crippen molar-refractivity contribution in [1.29, 1.82) is 0 Å². The molecule has 1 saturated heterocycles. The lowest BCUT2D eigenvalue weighted by Gasteiger charge is -2.39. The third-order valence-electron chi connectivity index (χ3n) is 4.80. The zero-order valence-electron chi connectivity index (χ0n) is 16.5. The summed E-state index contributed by atoms with van der Waals surface area (Å²) in [6.45, 7) is 7.75. The number of hydrogen-bond acceptors (Lipinski definition) is 4. The normalized spacial score (nSPS) is 18.4. The summed E-state index contributed by atoms with van der Waals surface area (Å²) in [5, 5.41) is 3.30.